The third kappa shape index (κ3) is 1.85. The van der Waals surface area contributed by atoms with Crippen LogP contribution in [0.15, 0.2) is 6.07 Å². The molecule has 0 radical (unpaired) electrons. The van der Waals surface area contributed by atoms with E-state index in [4.69, 9.17) is 27.9 Å². The zero-order chi connectivity index (χ0) is 11.1. The van der Waals surface area contributed by atoms with Crippen LogP contribution >= 0.6 is 23.2 Å². The molecule has 0 aromatic carbocycles. The number of hydrogen-bond donors (Lipinski definition) is 1. The van der Waals surface area contributed by atoms with Gasteiger partial charge >= 0.3 is 0 Å². The standard InChI is InChI=1S/C10H11Cl2N3O/c11-9-4-7(10(12)15-14-9)13-6-3-5-1-2-8(6)16-5/h4-6,8H,1-3H2,(H,13,14). The van der Waals surface area contributed by atoms with Gasteiger partial charge in [-0.05, 0) is 19.3 Å². The van der Waals surface area contributed by atoms with Crippen molar-refractivity contribution in [1.82, 2.24) is 10.2 Å². The van der Waals surface area contributed by atoms with Crippen LogP contribution in [0.25, 0.3) is 0 Å². The van der Waals surface area contributed by atoms with Crippen molar-refractivity contribution in [3.8, 4) is 0 Å². The van der Waals surface area contributed by atoms with Gasteiger partial charge in [-0.1, -0.05) is 23.2 Å². The van der Waals surface area contributed by atoms with Crippen molar-refractivity contribution >= 4 is 28.9 Å². The summed E-state index contributed by atoms with van der Waals surface area (Å²) in [6, 6.07) is 2.01. The molecule has 2 fully saturated rings. The average molecular weight is 260 g/mol. The number of fused-ring (bicyclic) bond motifs is 2. The monoisotopic (exact) mass is 259 g/mol. The predicted octanol–water partition coefficient (Wildman–Crippen LogP) is 2.52. The molecule has 2 aliphatic rings. The molecule has 0 aliphatic carbocycles. The van der Waals surface area contributed by atoms with Gasteiger partial charge in [-0.25, -0.2) is 0 Å². The fourth-order valence-electron chi connectivity index (χ4n) is 2.44. The number of halogens is 2. The SMILES string of the molecule is Clc1cc(NC2CC3CCC2O3)c(Cl)nn1. The molecular formula is C10H11Cl2N3O. The van der Waals surface area contributed by atoms with Crippen LogP contribution in [-0.4, -0.2) is 28.4 Å². The molecule has 2 bridgehead atoms. The van der Waals surface area contributed by atoms with Gasteiger partial charge in [0.05, 0.1) is 23.9 Å². The second kappa shape index (κ2) is 4.02. The normalized spacial score (nSPS) is 32.0. The van der Waals surface area contributed by atoms with Crippen LogP contribution in [0.4, 0.5) is 5.69 Å². The summed E-state index contributed by atoms with van der Waals surface area (Å²) in [6.45, 7) is 0. The van der Waals surface area contributed by atoms with Crippen molar-refractivity contribution in [2.75, 3.05) is 5.32 Å². The molecule has 3 heterocycles. The summed E-state index contributed by atoms with van der Waals surface area (Å²) in [4.78, 5) is 0. The highest BCUT2D eigenvalue weighted by atomic mass is 35.5. The van der Waals surface area contributed by atoms with Gasteiger partial charge in [0.15, 0.2) is 10.3 Å². The molecule has 2 saturated heterocycles. The molecule has 3 unspecified atom stereocenters. The van der Waals surface area contributed by atoms with Gasteiger partial charge in [-0.3, -0.25) is 0 Å². The lowest BCUT2D eigenvalue weighted by molar-refractivity contribution is 0.102. The highest BCUT2D eigenvalue weighted by Crippen LogP contribution is 2.36. The van der Waals surface area contributed by atoms with Crippen LogP contribution in [0.3, 0.4) is 0 Å². The quantitative estimate of drug-likeness (QED) is 0.887. The van der Waals surface area contributed by atoms with Crippen molar-refractivity contribution in [3.63, 3.8) is 0 Å². The van der Waals surface area contributed by atoms with E-state index >= 15 is 0 Å². The van der Waals surface area contributed by atoms with Gasteiger partial charge in [0.25, 0.3) is 0 Å². The second-order valence-electron chi connectivity index (χ2n) is 4.23. The molecule has 6 heteroatoms. The average Bonchev–Trinajstić information content (AvgIpc) is 2.85. The Labute approximate surface area is 103 Å². The van der Waals surface area contributed by atoms with Crippen LogP contribution in [0.2, 0.25) is 10.3 Å². The van der Waals surface area contributed by atoms with Crippen LogP contribution in [-0.2, 0) is 4.74 Å². The van der Waals surface area contributed by atoms with Gasteiger partial charge in [-0.15, -0.1) is 10.2 Å². The van der Waals surface area contributed by atoms with E-state index in [1.54, 1.807) is 6.07 Å². The molecule has 2 aliphatic heterocycles. The van der Waals surface area contributed by atoms with Gasteiger partial charge in [-0.2, -0.15) is 0 Å². The molecule has 3 atom stereocenters. The van der Waals surface area contributed by atoms with Gasteiger partial charge in [0, 0.05) is 6.07 Å². The molecule has 1 aromatic rings. The molecular weight excluding hydrogens is 249 g/mol. The first-order chi connectivity index (χ1) is 7.72. The van der Waals surface area contributed by atoms with Crippen molar-refractivity contribution < 1.29 is 4.74 Å². The maximum absolute atomic E-state index is 5.94. The Morgan fingerprint density at radius 2 is 2.19 bits per heavy atom. The Morgan fingerprint density at radius 1 is 1.31 bits per heavy atom. The maximum atomic E-state index is 5.94. The minimum atomic E-state index is 0.299. The van der Waals surface area contributed by atoms with E-state index in [2.05, 4.69) is 15.5 Å². The van der Waals surface area contributed by atoms with Crippen LogP contribution < -0.4 is 5.32 Å². The molecule has 1 N–H and O–H groups in total. The molecule has 1 aromatic heterocycles. The summed E-state index contributed by atoms with van der Waals surface area (Å²) in [5.41, 5.74) is 0.739. The lowest BCUT2D eigenvalue weighted by Gasteiger charge is -2.21. The predicted molar refractivity (Wildman–Crippen MR) is 62.0 cm³/mol. The number of nitrogens with one attached hydrogen (secondary N) is 1. The highest BCUT2D eigenvalue weighted by molar-refractivity contribution is 6.33. The minimum Gasteiger partial charge on any atom is -0.377 e. The lowest BCUT2D eigenvalue weighted by Crippen LogP contribution is -2.30. The molecule has 4 nitrogen and oxygen atoms in total. The fourth-order valence-corrected chi connectivity index (χ4v) is 2.74. The Kier molecular flexibility index (Phi) is 2.65. The van der Waals surface area contributed by atoms with E-state index in [-0.39, 0.29) is 0 Å². The third-order valence-electron chi connectivity index (χ3n) is 3.17. The van der Waals surface area contributed by atoms with E-state index in [1.165, 1.54) is 6.42 Å². The van der Waals surface area contributed by atoms with Crippen molar-refractivity contribution in [2.24, 2.45) is 0 Å². The number of nitrogens with zero attached hydrogens (tertiary/aromatic N) is 2. The van der Waals surface area contributed by atoms with Gasteiger partial charge in [0.2, 0.25) is 0 Å². The molecule has 0 amide bonds. The molecule has 86 valence electrons. The lowest BCUT2D eigenvalue weighted by atomic mass is 9.95. The first-order valence-corrected chi connectivity index (χ1v) is 6.08. The van der Waals surface area contributed by atoms with Crippen LogP contribution in [0.5, 0.6) is 0 Å². The molecule has 0 saturated carbocycles. The molecule has 3 rings (SSSR count). The Morgan fingerprint density at radius 3 is 2.88 bits per heavy atom. The third-order valence-corrected chi connectivity index (χ3v) is 3.63. The number of rotatable bonds is 2. The summed E-state index contributed by atoms with van der Waals surface area (Å²) >= 11 is 11.7. The Balaban J connectivity index is 1.76. The van der Waals surface area contributed by atoms with Crippen molar-refractivity contribution in [3.05, 3.63) is 16.4 Å². The Hall–Kier alpha value is -0.580. The van der Waals surface area contributed by atoms with Crippen LogP contribution in [0.1, 0.15) is 19.3 Å². The zero-order valence-corrected chi connectivity index (χ0v) is 10.0. The number of hydrogen-bond acceptors (Lipinski definition) is 4. The second-order valence-corrected chi connectivity index (χ2v) is 4.98. The van der Waals surface area contributed by atoms with Gasteiger partial charge < -0.3 is 10.1 Å². The summed E-state index contributed by atoms with van der Waals surface area (Å²) in [6.07, 6.45) is 4.03. The summed E-state index contributed by atoms with van der Waals surface area (Å²) in [7, 11) is 0. The summed E-state index contributed by atoms with van der Waals surface area (Å²) < 4.78 is 5.75. The molecule has 16 heavy (non-hydrogen) atoms. The number of ether oxygens (including phenoxy) is 1. The van der Waals surface area contributed by atoms with Gasteiger partial charge in [0.1, 0.15) is 0 Å². The largest absolute Gasteiger partial charge is 0.377 e. The highest BCUT2D eigenvalue weighted by Gasteiger charge is 2.40. The van der Waals surface area contributed by atoms with E-state index in [0.29, 0.717) is 28.6 Å². The summed E-state index contributed by atoms with van der Waals surface area (Å²) in [5, 5.41) is 11.5. The van der Waals surface area contributed by atoms with E-state index in [0.717, 1.165) is 18.5 Å². The smallest absolute Gasteiger partial charge is 0.174 e. The topological polar surface area (TPSA) is 47.0 Å². The van der Waals surface area contributed by atoms with E-state index in [9.17, 15) is 0 Å². The minimum absolute atomic E-state index is 0.299. The Bertz CT molecular complexity index is 415. The van der Waals surface area contributed by atoms with Crippen molar-refractivity contribution in [1.29, 1.82) is 0 Å². The van der Waals surface area contributed by atoms with Crippen molar-refractivity contribution in [2.45, 2.75) is 37.5 Å². The summed E-state index contributed by atoms with van der Waals surface area (Å²) in [5.74, 6) is 0. The maximum Gasteiger partial charge on any atom is 0.174 e. The fraction of sp³-hybridized carbons (Fsp3) is 0.600. The number of anilines is 1. The zero-order valence-electron chi connectivity index (χ0n) is 8.49. The van der Waals surface area contributed by atoms with E-state index < -0.39 is 0 Å². The first kappa shape index (κ1) is 10.6. The van der Waals surface area contributed by atoms with Crippen LogP contribution in [0, 0.1) is 0 Å². The van der Waals surface area contributed by atoms with E-state index in [1.807, 2.05) is 0 Å². The number of aromatic nitrogens is 2. The first-order valence-electron chi connectivity index (χ1n) is 5.33. The molecule has 0 spiro atoms.